The van der Waals surface area contributed by atoms with Gasteiger partial charge in [-0.25, -0.2) is 0 Å². The normalized spacial score (nSPS) is 22.4. The van der Waals surface area contributed by atoms with E-state index in [4.69, 9.17) is 0 Å². The van der Waals surface area contributed by atoms with Gasteiger partial charge in [-0.1, -0.05) is 154 Å². The first-order valence-corrected chi connectivity index (χ1v) is 28.3. The van der Waals surface area contributed by atoms with Gasteiger partial charge in [0, 0.05) is 39.5 Å². The Hall–Kier alpha value is -6.64. The van der Waals surface area contributed by atoms with Gasteiger partial charge in [-0.15, -0.1) is 0 Å². The van der Waals surface area contributed by atoms with Crippen molar-refractivity contribution in [2.45, 2.75) is 127 Å². The number of anilines is 6. The lowest BCUT2D eigenvalue weighted by Crippen LogP contribution is -2.48. The van der Waals surface area contributed by atoms with Crippen molar-refractivity contribution in [3.63, 3.8) is 0 Å². The molecule has 2 nitrogen and oxygen atoms in total. The Balaban J connectivity index is 0.885. The lowest BCUT2D eigenvalue weighted by atomic mass is 9.48. The molecule has 18 rings (SSSR count). The van der Waals surface area contributed by atoms with Crippen LogP contribution in [0, 0.1) is 17.8 Å². The van der Waals surface area contributed by atoms with Gasteiger partial charge in [0.2, 0.25) is 0 Å². The van der Waals surface area contributed by atoms with Crippen molar-refractivity contribution in [1.29, 1.82) is 0 Å². The minimum absolute atomic E-state index is 0.157. The van der Waals surface area contributed by atoms with E-state index in [0.29, 0.717) is 11.3 Å². The molecule has 0 atom stereocenters. The van der Waals surface area contributed by atoms with Crippen LogP contribution in [0.25, 0.3) is 22.3 Å². The lowest BCUT2D eigenvalue weighted by molar-refractivity contribution is -0.00518. The Labute approximate surface area is 435 Å². The van der Waals surface area contributed by atoms with Gasteiger partial charge in [-0.2, -0.15) is 0 Å². The maximum absolute atomic E-state index is 2.67. The van der Waals surface area contributed by atoms with Crippen LogP contribution in [-0.4, -0.2) is 0 Å². The molecule has 5 saturated carbocycles. The van der Waals surface area contributed by atoms with Crippen molar-refractivity contribution in [3.8, 4) is 22.3 Å². The van der Waals surface area contributed by atoms with Crippen LogP contribution in [0.4, 0.5) is 34.1 Å². The van der Waals surface area contributed by atoms with E-state index in [1.165, 1.54) is 166 Å². The number of hydrogen-bond acceptors (Lipinski definition) is 2. The van der Waals surface area contributed by atoms with E-state index >= 15 is 0 Å². The van der Waals surface area contributed by atoms with Crippen molar-refractivity contribution in [1.82, 2.24) is 0 Å². The van der Waals surface area contributed by atoms with Crippen LogP contribution < -0.4 is 9.80 Å². The maximum atomic E-state index is 2.67. The van der Waals surface area contributed by atoms with Crippen LogP contribution in [0.3, 0.4) is 0 Å². The Morgan fingerprint density at radius 1 is 0.425 bits per heavy atom. The van der Waals surface area contributed by atoms with E-state index in [9.17, 15) is 0 Å². The van der Waals surface area contributed by atoms with Crippen LogP contribution in [-0.2, 0) is 36.5 Å². The molecule has 0 saturated heterocycles. The van der Waals surface area contributed by atoms with Crippen molar-refractivity contribution >= 4 is 34.1 Å². The molecular weight excluding hydrogens is 881 g/mol. The molecule has 10 aliphatic carbocycles. The molecule has 0 amide bonds. The smallest absolute Gasteiger partial charge is 0.0496 e. The van der Waals surface area contributed by atoms with Gasteiger partial charge in [0.25, 0.3) is 0 Å². The van der Waals surface area contributed by atoms with Gasteiger partial charge in [-0.3, -0.25) is 0 Å². The third-order valence-electron chi connectivity index (χ3n) is 19.2. The van der Waals surface area contributed by atoms with E-state index < -0.39 is 0 Å². The van der Waals surface area contributed by atoms with Crippen molar-refractivity contribution < 1.29 is 0 Å². The monoisotopic (exact) mass is 951 g/mol. The Bertz CT molecular complexity index is 3280. The fraction of sp³-hybridized carbons (Fsp3) is 0.324. The molecule has 0 radical (unpaired) electrons. The predicted molar refractivity (Wildman–Crippen MR) is 306 cm³/mol. The van der Waals surface area contributed by atoms with E-state index in [-0.39, 0.29) is 5.41 Å². The second-order valence-electron chi connectivity index (χ2n) is 24.1. The first kappa shape index (κ1) is 45.0. The number of benzene rings is 8. The summed E-state index contributed by atoms with van der Waals surface area (Å²) >= 11 is 0. The summed E-state index contributed by atoms with van der Waals surface area (Å²) in [4.78, 5) is 5.20. The van der Waals surface area contributed by atoms with E-state index in [1.54, 1.807) is 5.56 Å². The molecule has 10 aliphatic rings. The van der Waals surface area contributed by atoms with Gasteiger partial charge in [0.15, 0.2) is 0 Å². The second-order valence-corrected chi connectivity index (χ2v) is 24.1. The summed E-state index contributed by atoms with van der Waals surface area (Å²) in [6.45, 7) is 4.88. The molecule has 0 aliphatic heterocycles. The van der Waals surface area contributed by atoms with Gasteiger partial charge in [0.1, 0.15) is 0 Å². The Morgan fingerprint density at radius 2 is 0.959 bits per heavy atom. The van der Waals surface area contributed by atoms with Gasteiger partial charge in [0.05, 0.1) is 0 Å². The number of para-hydroxylation sites is 1. The summed E-state index contributed by atoms with van der Waals surface area (Å²) in [5, 5.41) is 0. The molecule has 73 heavy (non-hydrogen) atoms. The zero-order valence-electron chi connectivity index (χ0n) is 43.1. The second kappa shape index (κ2) is 18.1. The third-order valence-corrected chi connectivity index (χ3v) is 19.2. The van der Waals surface area contributed by atoms with Crippen molar-refractivity contribution in [3.05, 3.63) is 226 Å². The maximum Gasteiger partial charge on any atom is 0.0496 e. The fourth-order valence-corrected chi connectivity index (χ4v) is 15.9. The number of fused-ring (bicyclic) bond motifs is 3. The lowest BCUT2D eigenvalue weighted by Gasteiger charge is -2.57. The zero-order chi connectivity index (χ0) is 48.7. The zero-order valence-corrected chi connectivity index (χ0v) is 43.1. The summed E-state index contributed by atoms with van der Waals surface area (Å²) in [6.07, 6.45) is 19.1. The summed E-state index contributed by atoms with van der Waals surface area (Å²) in [5.74, 6) is 3.44. The Kier molecular flexibility index (Phi) is 11.1. The number of nitrogens with zero attached hydrogens (tertiary/aromatic N) is 2. The summed E-state index contributed by atoms with van der Waals surface area (Å²) in [6, 6.07) is 71.2. The molecule has 2 heteroatoms. The largest absolute Gasteiger partial charge is 0.310 e. The average Bonchev–Trinajstić information content (AvgIpc) is 3.66. The van der Waals surface area contributed by atoms with E-state index in [0.717, 1.165) is 43.4 Å². The predicted octanol–water partition coefficient (Wildman–Crippen LogP) is 19.0. The molecule has 8 bridgehead atoms. The average molecular weight is 951 g/mol. The van der Waals surface area contributed by atoms with Crippen LogP contribution in [0.2, 0.25) is 0 Å². The topological polar surface area (TPSA) is 6.48 Å². The van der Waals surface area contributed by atoms with Gasteiger partial charge in [-0.05, 0) is 234 Å². The standard InChI is InChI=1S/C71H70N2/c1-70(2)65-21-13-12-20-63(65)69-64(55-16-8-4-9-17-55)43-62(44-66(69)70)73(61-36-32-58(33-37-61)71-45-50-38-51(46-71)40-52(39-50)47-71)68-42-49-23-27-56-26-22-48(24-28-57(68)29-25-49)41-67(56)72(59-18-10-5-11-19-59)60-34-30-54(31-35-60)53-14-6-3-7-15-53/h4-5,8-13,16-22,25-26,29-37,41-44,50-53H,3,6-7,14-15,23-24,27-28,38-40,45-47H2,1-2H3. The van der Waals surface area contributed by atoms with Gasteiger partial charge < -0.3 is 9.80 Å². The molecule has 0 N–H and O–H groups in total. The minimum atomic E-state index is -0.157. The molecule has 0 heterocycles. The molecule has 0 spiro atoms. The Morgan fingerprint density at radius 3 is 1.58 bits per heavy atom. The highest BCUT2D eigenvalue weighted by Gasteiger charge is 2.51. The highest BCUT2D eigenvalue weighted by atomic mass is 15.2. The van der Waals surface area contributed by atoms with Crippen LogP contribution >= 0.6 is 0 Å². The highest BCUT2D eigenvalue weighted by molar-refractivity contribution is 5.96. The quantitative estimate of drug-likeness (QED) is 0.142. The van der Waals surface area contributed by atoms with E-state index in [1.807, 2.05) is 0 Å². The summed E-state index contributed by atoms with van der Waals surface area (Å²) in [5.41, 5.74) is 24.5. The molecular formula is C71H70N2. The third kappa shape index (κ3) is 7.98. The highest BCUT2D eigenvalue weighted by Crippen LogP contribution is 2.61. The molecule has 0 unspecified atom stereocenters. The molecule has 8 aromatic rings. The van der Waals surface area contributed by atoms with Crippen LogP contribution in [0.15, 0.2) is 182 Å². The first-order chi connectivity index (χ1) is 35.8. The number of aryl methyl sites for hydroxylation is 4. The SMILES string of the molecule is CC1(C)c2ccccc2-c2c(-c3ccccc3)cc(N(c3ccc(C45CC6CC(CC(C6)C4)C5)cc3)c3cc4ccc3CCc3ccc(c(N(c5ccccc5)c5ccc(C6CCCCC6)cc5)c3)CC4)cc21. The molecule has 8 aromatic carbocycles. The van der Waals surface area contributed by atoms with E-state index in [2.05, 4.69) is 206 Å². The summed E-state index contributed by atoms with van der Waals surface area (Å²) < 4.78 is 0. The minimum Gasteiger partial charge on any atom is -0.310 e. The molecule has 0 aromatic heterocycles. The fourth-order valence-electron chi connectivity index (χ4n) is 15.9. The van der Waals surface area contributed by atoms with Crippen LogP contribution in [0.5, 0.6) is 0 Å². The van der Waals surface area contributed by atoms with Gasteiger partial charge >= 0.3 is 0 Å². The van der Waals surface area contributed by atoms with Crippen LogP contribution in [0.1, 0.15) is 135 Å². The summed E-state index contributed by atoms with van der Waals surface area (Å²) in [7, 11) is 0. The van der Waals surface area contributed by atoms with Crippen molar-refractivity contribution in [2.24, 2.45) is 17.8 Å². The molecule has 364 valence electrons. The number of hydrogen-bond donors (Lipinski definition) is 0. The first-order valence-electron chi connectivity index (χ1n) is 28.3. The number of rotatable bonds is 9. The molecule has 5 fully saturated rings. The van der Waals surface area contributed by atoms with Crippen molar-refractivity contribution in [2.75, 3.05) is 9.80 Å².